The average Bonchev–Trinajstić information content (AvgIpc) is 3.80. The maximum atomic E-state index is 4.96. The summed E-state index contributed by atoms with van der Waals surface area (Å²) in [5.41, 5.74) is 14.3. The number of nitrogens with zero attached hydrogens (tertiary/aromatic N) is 6. The molecule has 0 fully saturated rings. The third-order valence-corrected chi connectivity index (χ3v) is 10.7. The van der Waals surface area contributed by atoms with Crippen LogP contribution in [0, 0.1) is 0 Å². The molecule has 0 saturated carbocycles. The van der Waals surface area contributed by atoms with E-state index in [2.05, 4.69) is 153 Å². The van der Waals surface area contributed by atoms with Gasteiger partial charge in [0.05, 0.1) is 39.3 Å². The molecule has 0 unspecified atom stereocenters. The van der Waals surface area contributed by atoms with Crippen LogP contribution in [-0.2, 0) is 0 Å². The average molecular weight is 717 g/mol. The van der Waals surface area contributed by atoms with Crippen molar-refractivity contribution < 1.29 is 0 Å². The van der Waals surface area contributed by atoms with Crippen LogP contribution in [0.5, 0.6) is 0 Å². The third kappa shape index (κ3) is 5.19. The molecule has 6 nitrogen and oxygen atoms in total. The summed E-state index contributed by atoms with van der Waals surface area (Å²) in [6.07, 6.45) is 5.47. The van der Waals surface area contributed by atoms with Gasteiger partial charge in [-0.3, -0.25) is 14.5 Å². The Morgan fingerprint density at radius 1 is 0.339 bits per heavy atom. The number of pyridine rings is 4. The zero-order valence-corrected chi connectivity index (χ0v) is 30.2. The SMILES string of the molecule is c1ccc(-n2c3ccccc3c3c(-c4ccc5c(c4)c4cccnc4n5-c4ccc(-c5cc(-c6ccccn6)nc(-c6ccccn6)c5)cc4)cccc32)cc1. The molecule has 262 valence electrons. The first-order chi connectivity index (χ1) is 27.8. The van der Waals surface area contributed by atoms with E-state index in [-0.39, 0.29) is 0 Å². The molecular formula is C50H32N6. The van der Waals surface area contributed by atoms with Crippen molar-refractivity contribution in [3.63, 3.8) is 0 Å². The van der Waals surface area contributed by atoms with Gasteiger partial charge in [0.1, 0.15) is 5.65 Å². The van der Waals surface area contributed by atoms with Gasteiger partial charge in [0.2, 0.25) is 0 Å². The maximum Gasteiger partial charge on any atom is 0.145 e. The largest absolute Gasteiger partial charge is 0.309 e. The molecule has 0 spiro atoms. The van der Waals surface area contributed by atoms with E-state index in [1.807, 2.05) is 48.7 Å². The Hall–Kier alpha value is -7.70. The molecule has 6 aromatic heterocycles. The van der Waals surface area contributed by atoms with Crippen LogP contribution in [0.2, 0.25) is 0 Å². The van der Waals surface area contributed by atoms with Gasteiger partial charge in [-0.2, -0.15) is 0 Å². The van der Waals surface area contributed by atoms with Crippen molar-refractivity contribution in [2.45, 2.75) is 0 Å². The van der Waals surface area contributed by atoms with Gasteiger partial charge in [0.15, 0.2) is 0 Å². The van der Waals surface area contributed by atoms with Crippen molar-refractivity contribution >= 4 is 43.7 Å². The van der Waals surface area contributed by atoms with E-state index in [1.54, 1.807) is 12.4 Å². The van der Waals surface area contributed by atoms with Gasteiger partial charge in [0.25, 0.3) is 0 Å². The van der Waals surface area contributed by atoms with Crippen LogP contribution in [0.3, 0.4) is 0 Å². The lowest BCUT2D eigenvalue weighted by molar-refractivity contribution is 1.14. The van der Waals surface area contributed by atoms with Crippen LogP contribution in [0.4, 0.5) is 0 Å². The Labute approximate surface area is 322 Å². The molecule has 0 radical (unpaired) electrons. The molecule has 0 aliphatic rings. The van der Waals surface area contributed by atoms with Crippen LogP contribution < -0.4 is 0 Å². The molecule has 0 N–H and O–H groups in total. The fourth-order valence-corrected chi connectivity index (χ4v) is 8.18. The Morgan fingerprint density at radius 2 is 0.964 bits per heavy atom. The highest BCUT2D eigenvalue weighted by molar-refractivity contribution is 6.17. The molecule has 11 rings (SSSR count). The zero-order valence-electron chi connectivity index (χ0n) is 30.2. The first-order valence-corrected chi connectivity index (χ1v) is 18.7. The molecule has 0 saturated heterocycles. The predicted octanol–water partition coefficient (Wildman–Crippen LogP) is 12.1. The summed E-state index contributed by atoms with van der Waals surface area (Å²) in [5, 5.41) is 4.76. The third-order valence-electron chi connectivity index (χ3n) is 10.7. The van der Waals surface area contributed by atoms with Crippen molar-refractivity contribution in [2.75, 3.05) is 0 Å². The fraction of sp³-hybridized carbons (Fsp3) is 0. The summed E-state index contributed by atoms with van der Waals surface area (Å²) in [6, 6.07) is 61.7. The van der Waals surface area contributed by atoms with Gasteiger partial charge in [-0.15, -0.1) is 0 Å². The van der Waals surface area contributed by atoms with Crippen molar-refractivity contribution in [3.05, 3.63) is 195 Å². The molecule has 0 aliphatic carbocycles. The van der Waals surface area contributed by atoms with Gasteiger partial charge < -0.3 is 4.57 Å². The number of hydrogen-bond donors (Lipinski definition) is 0. The van der Waals surface area contributed by atoms with E-state index in [1.165, 1.54) is 32.9 Å². The first-order valence-electron chi connectivity index (χ1n) is 18.7. The van der Waals surface area contributed by atoms with Crippen LogP contribution in [0.1, 0.15) is 0 Å². The minimum Gasteiger partial charge on any atom is -0.309 e. The molecular weight excluding hydrogens is 685 g/mol. The van der Waals surface area contributed by atoms with Gasteiger partial charge in [-0.05, 0) is 119 Å². The van der Waals surface area contributed by atoms with Gasteiger partial charge >= 0.3 is 0 Å². The Bertz CT molecular complexity index is 3160. The number of fused-ring (bicyclic) bond motifs is 6. The van der Waals surface area contributed by atoms with Crippen molar-refractivity contribution in [1.82, 2.24) is 29.1 Å². The molecule has 0 atom stereocenters. The van der Waals surface area contributed by atoms with E-state index < -0.39 is 0 Å². The summed E-state index contributed by atoms with van der Waals surface area (Å²) in [5.74, 6) is 0. The molecule has 0 aliphatic heterocycles. The number of aromatic nitrogens is 6. The van der Waals surface area contributed by atoms with E-state index >= 15 is 0 Å². The van der Waals surface area contributed by atoms with Gasteiger partial charge in [-0.25, -0.2) is 9.97 Å². The number of hydrogen-bond acceptors (Lipinski definition) is 4. The zero-order chi connectivity index (χ0) is 37.0. The molecule has 5 aromatic carbocycles. The molecule has 0 bridgehead atoms. The minimum absolute atomic E-state index is 0.801. The van der Waals surface area contributed by atoms with Gasteiger partial charge in [-0.1, -0.05) is 78.9 Å². The minimum atomic E-state index is 0.801. The number of rotatable bonds is 6. The summed E-state index contributed by atoms with van der Waals surface area (Å²) in [6.45, 7) is 0. The summed E-state index contributed by atoms with van der Waals surface area (Å²) in [7, 11) is 0. The standard InChI is InChI=1S/C50H32N6/c1-2-12-36(13-3-1)55-46-19-5-4-14-40(46)49-38(15-10-20-48(49)55)34-23-26-47-41(30-34)39-16-11-29-53-50(39)56(47)37-24-21-33(22-25-37)35-31-44(42-17-6-8-27-51-42)54-45(32-35)43-18-7-9-28-52-43/h1-32H. The Kier molecular flexibility index (Phi) is 7.38. The van der Waals surface area contributed by atoms with Crippen molar-refractivity contribution in [2.24, 2.45) is 0 Å². The lowest BCUT2D eigenvalue weighted by Crippen LogP contribution is -1.96. The van der Waals surface area contributed by atoms with Crippen LogP contribution in [0.15, 0.2) is 195 Å². The Balaban J connectivity index is 1.04. The van der Waals surface area contributed by atoms with Gasteiger partial charge in [0, 0.05) is 51.5 Å². The molecule has 0 amide bonds. The van der Waals surface area contributed by atoms with Crippen LogP contribution in [0.25, 0.3) is 100 Å². The van der Waals surface area contributed by atoms with Crippen molar-refractivity contribution in [3.8, 4) is 56.4 Å². The number of para-hydroxylation sites is 2. The van der Waals surface area contributed by atoms with Crippen LogP contribution in [-0.4, -0.2) is 29.1 Å². The fourth-order valence-electron chi connectivity index (χ4n) is 8.18. The maximum absolute atomic E-state index is 4.96. The lowest BCUT2D eigenvalue weighted by atomic mass is 9.98. The highest BCUT2D eigenvalue weighted by atomic mass is 15.0. The van der Waals surface area contributed by atoms with Crippen molar-refractivity contribution in [1.29, 1.82) is 0 Å². The second kappa shape index (κ2) is 13.0. The molecule has 56 heavy (non-hydrogen) atoms. The van der Waals surface area contributed by atoms with Crippen LogP contribution >= 0.6 is 0 Å². The highest BCUT2D eigenvalue weighted by Crippen LogP contribution is 2.41. The Morgan fingerprint density at radius 3 is 1.71 bits per heavy atom. The predicted molar refractivity (Wildman–Crippen MR) is 228 cm³/mol. The summed E-state index contributed by atoms with van der Waals surface area (Å²) < 4.78 is 4.64. The van der Waals surface area contributed by atoms with E-state index in [9.17, 15) is 0 Å². The highest BCUT2D eigenvalue weighted by Gasteiger charge is 2.19. The topological polar surface area (TPSA) is 61.4 Å². The first kappa shape index (κ1) is 31.8. The monoisotopic (exact) mass is 716 g/mol. The lowest BCUT2D eigenvalue weighted by Gasteiger charge is -2.12. The summed E-state index contributed by atoms with van der Waals surface area (Å²) >= 11 is 0. The van der Waals surface area contributed by atoms with E-state index in [4.69, 9.17) is 9.97 Å². The smallest absolute Gasteiger partial charge is 0.145 e. The summed E-state index contributed by atoms with van der Waals surface area (Å²) in [4.78, 5) is 19.1. The quantitative estimate of drug-likeness (QED) is 0.172. The molecule has 6 heteroatoms. The van der Waals surface area contributed by atoms with E-state index in [0.29, 0.717) is 0 Å². The number of benzene rings is 5. The molecule has 6 heterocycles. The second-order valence-electron chi connectivity index (χ2n) is 13.9. The molecule has 11 aromatic rings. The normalized spacial score (nSPS) is 11.6. The second-order valence-corrected chi connectivity index (χ2v) is 13.9. The van der Waals surface area contributed by atoms with E-state index in [0.717, 1.165) is 67.2 Å².